The first kappa shape index (κ1) is 16.8. The molecule has 0 aliphatic rings. The lowest BCUT2D eigenvalue weighted by molar-refractivity contribution is -0.145. The molecule has 0 bridgehead atoms. The van der Waals surface area contributed by atoms with Crippen LogP contribution in [0.4, 0.5) is 0 Å². The van der Waals surface area contributed by atoms with Gasteiger partial charge in [-0.3, -0.25) is 9.59 Å². The van der Waals surface area contributed by atoms with E-state index in [4.69, 9.17) is 28.3 Å². The van der Waals surface area contributed by atoms with Gasteiger partial charge in [0.05, 0.1) is 0 Å². The first-order chi connectivity index (χ1) is 9.31. The van der Waals surface area contributed by atoms with Crippen LogP contribution in [0.5, 0.6) is 0 Å². The quantitative estimate of drug-likeness (QED) is 0.876. The molecule has 1 amide bonds. The Hall–Kier alpha value is -1.26. The Morgan fingerprint density at radius 2 is 1.95 bits per heavy atom. The maximum atomic E-state index is 12.1. The Balaban J connectivity index is 2.67. The summed E-state index contributed by atoms with van der Waals surface area (Å²) in [5, 5.41) is 9.87. The number of amides is 1. The highest BCUT2D eigenvalue weighted by atomic mass is 35.5. The zero-order valence-electron chi connectivity index (χ0n) is 11.4. The Morgan fingerprint density at radius 3 is 2.45 bits per heavy atom. The Kier molecular flexibility index (Phi) is 6.30. The second-order valence-electron chi connectivity index (χ2n) is 4.74. The molecule has 0 saturated carbocycles. The summed E-state index contributed by atoms with van der Waals surface area (Å²) in [6.45, 7) is 3.29. The van der Waals surface area contributed by atoms with Gasteiger partial charge >= 0.3 is 5.97 Å². The van der Waals surface area contributed by atoms with Crippen molar-refractivity contribution in [3.05, 3.63) is 33.8 Å². The second-order valence-corrected chi connectivity index (χ2v) is 5.59. The van der Waals surface area contributed by atoms with Crippen molar-refractivity contribution < 1.29 is 14.7 Å². The standard InChI is InChI=1S/C14H17Cl2NO3/c1-9(2)17(8-14(19)20)13(18)6-4-10-3-5-11(15)7-12(10)16/h3,5,7,9H,4,6,8H2,1-2H3,(H,19,20). The number of halogens is 2. The van der Waals surface area contributed by atoms with E-state index in [1.807, 2.05) is 0 Å². The van der Waals surface area contributed by atoms with E-state index in [2.05, 4.69) is 0 Å². The Labute approximate surface area is 128 Å². The summed E-state index contributed by atoms with van der Waals surface area (Å²) < 4.78 is 0. The zero-order chi connectivity index (χ0) is 15.3. The van der Waals surface area contributed by atoms with Crippen molar-refractivity contribution >= 4 is 35.1 Å². The van der Waals surface area contributed by atoms with Gasteiger partial charge in [0.1, 0.15) is 6.54 Å². The van der Waals surface area contributed by atoms with Crippen molar-refractivity contribution in [1.82, 2.24) is 4.90 Å². The lowest BCUT2D eigenvalue weighted by Gasteiger charge is -2.25. The molecule has 1 aromatic carbocycles. The molecular formula is C14H17Cl2NO3. The monoisotopic (exact) mass is 317 g/mol. The third kappa shape index (κ3) is 5.02. The highest BCUT2D eigenvalue weighted by Crippen LogP contribution is 2.22. The van der Waals surface area contributed by atoms with Gasteiger partial charge < -0.3 is 10.0 Å². The molecule has 0 aliphatic heterocycles. The van der Waals surface area contributed by atoms with Gasteiger partial charge in [-0.25, -0.2) is 0 Å². The molecule has 1 aromatic rings. The molecule has 0 spiro atoms. The average Bonchev–Trinajstić information content (AvgIpc) is 2.34. The van der Waals surface area contributed by atoms with Gasteiger partial charge in [-0.15, -0.1) is 0 Å². The van der Waals surface area contributed by atoms with E-state index in [1.54, 1.807) is 32.0 Å². The molecule has 4 nitrogen and oxygen atoms in total. The summed E-state index contributed by atoms with van der Waals surface area (Å²) in [6.07, 6.45) is 0.671. The fourth-order valence-corrected chi connectivity index (χ4v) is 2.32. The first-order valence-corrected chi connectivity index (χ1v) is 7.02. The Bertz CT molecular complexity index is 503. The predicted octanol–water partition coefficient (Wildman–Crippen LogP) is 3.25. The molecule has 0 aliphatic carbocycles. The van der Waals surface area contributed by atoms with Crippen molar-refractivity contribution in [3.8, 4) is 0 Å². The van der Waals surface area contributed by atoms with Gasteiger partial charge in [-0.1, -0.05) is 29.3 Å². The smallest absolute Gasteiger partial charge is 0.323 e. The maximum Gasteiger partial charge on any atom is 0.323 e. The minimum Gasteiger partial charge on any atom is -0.480 e. The number of carbonyl (C=O) groups excluding carboxylic acids is 1. The summed E-state index contributed by atoms with van der Waals surface area (Å²) in [6, 6.07) is 4.96. The summed E-state index contributed by atoms with van der Waals surface area (Å²) in [5.41, 5.74) is 0.823. The van der Waals surface area contributed by atoms with Gasteiger partial charge in [-0.2, -0.15) is 0 Å². The molecule has 0 heterocycles. The van der Waals surface area contributed by atoms with E-state index < -0.39 is 5.97 Å². The van der Waals surface area contributed by atoms with Crippen LogP contribution in [0.25, 0.3) is 0 Å². The fourth-order valence-electron chi connectivity index (χ4n) is 1.81. The van der Waals surface area contributed by atoms with E-state index in [0.29, 0.717) is 16.5 Å². The topological polar surface area (TPSA) is 57.6 Å². The molecule has 0 fully saturated rings. The van der Waals surface area contributed by atoms with Crippen molar-refractivity contribution in [2.24, 2.45) is 0 Å². The van der Waals surface area contributed by atoms with Gasteiger partial charge in [0, 0.05) is 22.5 Å². The van der Waals surface area contributed by atoms with E-state index >= 15 is 0 Å². The molecule has 1 N–H and O–H groups in total. The van der Waals surface area contributed by atoms with Crippen molar-refractivity contribution in [2.45, 2.75) is 32.7 Å². The lowest BCUT2D eigenvalue weighted by Crippen LogP contribution is -2.40. The molecular weight excluding hydrogens is 301 g/mol. The van der Waals surface area contributed by atoms with Crippen molar-refractivity contribution in [2.75, 3.05) is 6.54 Å². The minimum absolute atomic E-state index is 0.153. The maximum absolute atomic E-state index is 12.1. The molecule has 1 rings (SSSR count). The van der Waals surface area contributed by atoms with Gasteiger partial charge in [0.15, 0.2) is 0 Å². The number of carboxylic acid groups (broad SMARTS) is 1. The van der Waals surface area contributed by atoms with Crippen LogP contribution in [0, 0.1) is 0 Å². The van der Waals surface area contributed by atoms with Crippen LogP contribution in [0.1, 0.15) is 25.8 Å². The molecule has 0 aromatic heterocycles. The first-order valence-electron chi connectivity index (χ1n) is 6.26. The second kappa shape index (κ2) is 7.50. The molecule has 6 heteroatoms. The number of benzene rings is 1. The number of carboxylic acids is 1. The van der Waals surface area contributed by atoms with E-state index in [0.717, 1.165) is 5.56 Å². The molecule has 0 saturated heterocycles. The molecule has 0 radical (unpaired) electrons. The fraction of sp³-hybridized carbons (Fsp3) is 0.429. The van der Waals surface area contributed by atoms with Crippen LogP contribution in [0.15, 0.2) is 18.2 Å². The Morgan fingerprint density at radius 1 is 1.30 bits per heavy atom. The molecule has 0 atom stereocenters. The average molecular weight is 318 g/mol. The number of carbonyl (C=O) groups is 2. The lowest BCUT2D eigenvalue weighted by atomic mass is 10.1. The molecule has 110 valence electrons. The third-order valence-electron chi connectivity index (χ3n) is 2.87. The highest BCUT2D eigenvalue weighted by Gasteiger charge is 2.19. The van der Waals surface area contributed by atoms with Gasteiger partial charge in [-0.05, 0) is 38.0 Å². The zero-order valence-corrected chi connectivity index (χ0v) is 12.9. The van der Waals surface area contributed by atoms with Gasteiger partial charge in [0.2, 0.25) is 5.91 Å². The summed E-state index contributed by atoms with van der Waals surface area (Å²) in [7, 11) is 0. The highest BCUT2D eigenvalue weighted by molar-refractivity contribution is 6.35. The summed E-state index contributed by atoms with van der Waals surface area (Å²) in [4.78, 5) is 24.2. The van der Waals surface area contributed by atoms with E-state index in [-0.39, 0.29) is 24.9 Å². The molecule has 0 unspecified atom stereocenters. The van der Waals surface area contributed by atoms with Gasteiger partial charge in [0.25, 0.3) is 0 Å². The van der Waals surface area contributed by atoms with E-state index in [1.165, 1.54) is 4.90 Å². The number of aryl methyl sites for hydroxylation is 1. The van der Waals surface area contributed by atoms with Crippen LogP contribution in [0.2, 0.25) is 10.0 Å². The largest absolute Gasteiger partial charge is 0.480 e. The van der Waals surface area contributed by atoms with Crippen LogP contribution in [0.3, 0.4) is 0 Å². The van der Waals surface area contributed by atoms with E-state index in [9.17, 15) is 9.59 Å². The minimum atomic E-state index is -1.02. The number of nitrogens with zero attached hydrogens (tertiary/aromatic N) is 1. The third-order valence-corrected chi connectivity index (χ3v) is 3.46. The van der Waals surface area contributed by atoms with Crippen LogP contribution in [-0.2, 0) is 16.0 Å². The number of hydrogen-bond acceptors (Lipinski definition) is 2. The predicted molar refractivity (Wildman–Crippen MR) is 79.3 cm³/mol. The summed E-state index contributed by atoms with van der Waals surface area (Å²) >= 11 is 11.8. The number of hydrogen-bond donors (Lipinski definition) is 1. The normalized spacial score (nSPS) is 10.7. The number of aliphatic carboxylic acids is 1. The van der Waals surface area contributed by atoms with Crippen molar-refractivity contribution in [1.29, 1.82) is 0 Å². The van der Waals surface area contributed by atoms with Crippen LogP contribution >= 0.6 is 23.2 Å². The van der Waals surface area contributed by atoms with Crippen molar-refractivity contribution in [3.63, 3.8) is 0 Å². The summed E-state index contributed by atoms with van der Waals surface area (Å²) in [5.74, 6) is -1.22. The molecule has 20 heavy (non-hydrogen) atoms. The van der Waals surface area contributed by atoms with Crippen LogP contribution < -0.4 is 0 Å². The SMILES string of the molecule is CC(C)N(CC(=O)O)C(=O)CCc1ccc(Cl)cc1Cl. The van der Waals surface area contributed by atoms with Crippen LogP contribution in [-0.4, -0.2) is 34.5 Å². The number of rotatable bonds is 6.